The lowest BCUT2D eigenvalue weighted by atomic mass is 10.2. The molecule has 0 spiro atoms. The summed E-state index contributed by atoms with van der Waals surface area (Å²) in [6.45, 7) is 1.45. The first kappa shape index (κ1) is 10.8. The highest BCUT2D eigenvalue weighted by Crippen LogP contribution is 2.32. The predicted octanol–water partition coefficient (Wildman–Crippen LogP) is 2.15. The van der Waals surface area contributed by atoms with Crippen LogP contribution in [-0.2, 0) is 4.79 Å². The lowest BCUT2D eigenvalue weighted by Crippen LogP contribution is -1.93. The number of carbonyl (C=O) groups is 2. The van der Waals surface area contributed by atoms with Crippen LogP contribution < -0.4 is 4.74 Å². The van der Waals surface area contributed by atoms with Crippen molar-refractivity contribution in [1.29, 1.82) is 0 Å². The van der Waals surface area contributed by atoms with Crippen LogP contribution in [-0.4, -0.2) is 18.5 Å². The van der Waals surface area contributed by atoms with Gasteiger partial charge >= 0.3 is 0 Å². The Bertz CT molecular complexity index is 360. The van der Waals surface area contributed by atoms with Gasteiger partial charge in [0.2, 0.25) is 0 Å². The molecule has 0 saturated heterocycles. The molecule has 1 aromatic carbocycles. The average Bonchev–Trinajstić information content (AvgIpc) is 2.17. The highest BCUT2D eigenvalue weighted by molar-refractivity contribution is 8.13. The Morgan fingerprint density at radius 3 is 2.71 bits per heavy atom. The molecule has 4 heteroatoms. The molecule has 0 radical (unpaired) electrons. The first-order valence-electron chi connectivity index (χ1n) is 3.99. The van der Waals surface area contributed by atoms with Gasteiger partial charge in [0.15, 0.2) is 11.4 Å². The van der Waals surface area contributed by atoms with E-state index >= 15 is 0 Å². The Kier molecular flexibility index (Phi) is 3.71. The zero-order valence-electron chi connectivity index (χ0n) is 7.94. The summed E-state index contributed by atoms with van der Waals surface area (Å²) in [6, 6.07) is 5.09. The minimum Gasteiger partial charge on any atom is -0.496 e. The van der Waals surface area contributed by atoms with E-state index < -0.39 is 0 Å². The van der Waals surface area contributed by atoms with Crippen molar-refractivity contribution in [2.75, 3.05) is 7.11 Å². The van der Waals surface area contributed by atoms with Gasteiger partial charge < -0.3 is 4.74 Å². The van der Waals surface area contributed by atoms with E-state index in [0.29, 0.717) is 22.5 Å². The fourth-order valence-electron chi connectivity index (χ4n) is 1.04. The molecule has 0 amide bonds. The van der Waals surface area contributed by atoms with Crippen molar-refractivity contribution in [1.82, 2.24) is 0 Å². The molecular formula is C10H10O3S. The number of thioether (sulfide) groups is 1. The van der Waals surface area contributed by atoms with Gasteiger partial charge in [0, 0.05) is 12.5 Å². The van der Waals surface area contributed by atoms with Crippen LogP contribution in [0.25, 0.3) is 0 Å². The summed E-state index contributed by atoms with van der Waals surface area (Å²) >= 11 is 1.01. The zero-order chi connectivity index (χ0) is 10.6. The Morgan fingerprint density at radius 2 is 2.21 bits per heavy atom. The summed E-state index contributed by atoms with van der Waals surface area (Å²) in [6.07, 6.45) is 0.716. The monoisotopic (exact) mass is 210 g/mol. The molecule has 0 atom stereocenters. The molecule has 1 aromatic rings. The lowest BCUT2D eigenvalue weighted by Gasteiger charge is -2.07. The average molecular weight is 210 g/mol. The van der Waals surface area contributed by atoms with Gasteiger partial charge in [-0.25, -0.2) is 0 Å². The highest BCUT2D eigenvalue weighted by atomic mass is 32.2. The third-order valence-electron chi connectivity index (χ3n) is 1.60. The number of hydrogen-bond donors (Lipinski definition) is 0. The standard InChI is InChI=1S/C10H10O3S/c1-7(12)14-10-8(6-11)4-3-5-9(10)13-2/h3-6H,1-2H3. The maximum atomic E-state index is 10.9. The fourth-order valence-corrected chi connectivity index (χ4v) is 1.81. The Hall–Kier alpha value is -1.29. The van der Waals surface area contributed by atoms with E-state index in [1.807, 2.05) is 0 Å². The van der Waals surface area contributed by atoms with Crippen LogP contribution in [0.2, 0.25) is 0 Å². The van der Waals surface area contributed by atoms with Crippen molar-refractivity contribution in [3.8, 4) is 5.75 Å². The lowest BCUT2D eigenvalue weighted by molar-refractivity contribution is -0.109. The van der Waals surface area contributed by atoms with Crippen LogP contribution >= 0.6 is 11.8 Å². The minimum absolute atomic E-state index is 0.0717. The van der Waals surface area contributed by atoms with Crippen LogP contribution in [0.1, 0.15) is 17.3 Å². The molecule has 0 aromatic heterocycles. The van der Waals surface area contributed by atoms with Gasteiger partial charge in [-0.2, -0.15) is 0 Å². The smallest absolute Gasteiger partial charge is 0.190 e. The summed E-state index contributed by atoms with van der Waals surface area (Å²) in [5.74, 6) is 0.551. The van der Waals surface area contributed by atoms with Gasteiger partial charge in [0.05, 0.1) is 12.0 Å². The van der Waals surface area contributed by atoms with E-state index in [9.17, 15) is 9.59 Å². The normalized spacial score (nSPS) is 9.57. The third kappa shape index (κ3) is 2.35. The van der Waals surface area contributed by atoms with Crippen molar-refractivity contribution in [3.63, 3.8) is 0 Å². The second-order valence-corrected chi connectivity index (χ2v) is 3.78. The van der Waals surface area contributed by atoms with E-state index in [2.05, 4.69) is 0 Å². The largest absolute Gasteiger partial charge is 0.496 e. The van der Waals surface area contributed by atoms with Crippen LogP contribution in [0.5, 0.6) is 5.75 Å². The van der Waals surface area contributed by atoms with E-state index in [1.165, 1.54) is 14.0 Å². The molecule has 3 nitrogen and oxygen atoms in total. The van der Waals surface area contributed by atoms with E-state index in [-0.39, 0.29) is 5.12 Å². The molecule has 0 N–H and O–H groups in total. The first-order chi connectivity index (χ1) is 6.69. The molecule has 0 heterocycles. The maximum absolute atomic E-state index is 10.9. The van der Waals surface area contributed by atoms with Crippen molar-refractivity contribution >= 4 is 23.2 Å². The van der Waals surface area contributed by atoms with Crippen molar-refractivity contribution in [2.45, 2.75) is 11.8 Å². The molecule has 0 aliphatic heterocycles. The first-order valence-corrected chi connectivity index (χ1v) is 4.81. The molecule has 0 aliphatic rings. The molecule has 0 aliphatic carbocycles. The molecule has 1 rings (SSSR count). The molecule has 0 fully saturated rings. The van der Waals surface area contributed by atoms with E-state index in [0.717, 1.165) is 11.8 Å². The zero-order valence-corrected chi connectivity index (χ0v) is 8.76. The number of carbonyl (C=O) groups excluding carboxylic acids is 2. The predicted molar refractivity (Wildman–Crippen MR) is 54.9 cm³/mol. The van der Waals surface area contributed by atoms with Crippen LogP contribution in [0.4, 0.5) is 0 Å². The van der Waals surface area contributed by atoms with Gasteiger partial charge in [0.25, 0.3) is 0 Å². The van der Waals surface area contributed by atoms with Crippen molar-refractivity contribution in [2.24, 2.45) is 0 Å². The Balaban J connectivity index is 3.18. The maximum Gasteiger partial charge on any atom is 0.190 e. The summed E-state index contributed by atoms with van der Waals surface area (Å²) in [5, 5.41) is -0.0717. The highest BCUT2D eigenvalue weighted by Gasteiger charge is 2.10. The summed E-state index contributed by atoms with van der Waals surface area (Å²) in [7, 11) is 1.51. The fraction of sp³-hybridized carbons (Fsp3) is 0.200. The minimum atomic E-state index is -0.0717. The molecular weight excluding hydrogens is 200 g/mol. The number of benzene rings is 1. The molecule has 0 unspecified atom stereocenters. The topological polar surface area (TPSA) is 43.4 Å². The number of rotatable bonds is 3. The summed E-state index contributed by atoms with van der Waals surface area (Å²) in [5.41, 5.74) is 0.476. The SMILES string of the molecule is COc1cccc(C=O)c1SC(C)=O. The van der Waals surface area contributed by atoms with Crippen LogP contribution in [0, 0.1) is 0 Å². The van der Waals surface area contributed by atoms with Gasteiger partial charge in [0.1, 0.15) is 5.75 Å². The molecule has 14 heavy (non-hydrogen) atoms. The van der Waals surface area contributed by atoms with E-state index in [4.69, 9.17) is 4.74 Å². The number of methoxy groups -OCH3 is 1. The van der Waals surface area contributed by atoms with Gasteiger partial charge in [-0.1, -0.05) is 12.1 Å². The summed E-state index contributed by atoms with van der Waals surface area (Å²) in [4.78, 5) is 22.2. The van der Waals surface area contributed by atoms with Crippen molar-refractivity contribution < 1.29 is 14.3 Å². The van der Waals surface area contributed by atoms with Crippen molar-refractivity contribution in [3.05, 3.63) is 23.8 Å². The van der Waals surface area contributed by atoms with Gasteiger partial charge in [-0.15, -0.1) is 0 Å². The van der Waals surface area contributed by atoms with Gasteiger partial charge in [-0.3, -0.25) is 9.59 Å². The number of hydrogen-bond acceptors (Lipinski definition) is 4. The van der Waals surface area contributed by atoms with Crippen LogP contribution in [0.15, 0.2) is 23.1 Å². The second kappa shape index (κ2) is 4.81. The molecule has 0 bridgehead atoms. The molecule has 74 valence electrons. The summed E-state index contributed by atoms with van der Waals surface area (Å²) < 4.78 is 5.06. The van der Waals surface area contributed by atoms with E-state index in [1.54, 1.807) is 18.2 Å². The Labute approximate surface area is 86.5 Å². The third-order valence-corrected chi connectivity index (χ3v) is 2.53. The second-order valence-electron chi connectivity index (χ2n) is 2.59. The number of ether oxygens (including phenoxy) is 1. The van der Waals surface area contributed by atoms with Crippen LogP contribution in [0.3, 0.4) is 0 Å². The number of aldehydes is 1. The Morgan fingerprint density at radius 1 is 1.50 bits per heavy atom. The quantitative estimate of drug-likeness (QED) is 0.566. The molecule has 0 saturated carbocycles. The van der Waals surface area contributed by atoms with Gasteiger partial charge in [-0.05, 0) is 17.8 Å².